The summed E-state index contributed by atoms with van der Waals surface area (Å²) >= 11 is 6.44. The lowest BCUT2D eigenvalue weighted by molar-refractivity contribution is -0.144. The summed E-state index contributed by atoms with van der Waals surface area (Å²) in [6.07, 6.45) is 18.0. The lowest BCUT2D eigenvalue weighted by Crippen LogP contribution is -2.34. The van der Waals surface area contributed by atoms with E-state index in [2.05, 4.69) is 34.0 Å². The van der Waals surface area contributed by atoms with E-state index in [1.807, 2.05) is 0 Å². The van der Waals surface area contributed by atoms with Crippen molar-refractivity contribution >= 4 is 88.0 Å². The molecule has 0 aromatic carbocycles. The van der Waals surface area contributed by atoms with Gasteiger partial charge in [-0.1, -0.05) is 77.0 Å². The van der Waals surface area contributed by atoms with Crippen LogP contribution in [0.3, 0.4) is 0 Å². The SMILES string of the molecule is CN[C@@H](CCCCNC(=O)CC[C@H](CC(=O)CCCCCCCCCCCCCCCCC(=O)O)C(=O)O)C(=O)O.OC1SS1.S.SS. The van der Waals surface area contributed by atoms with Gasteiger partial charge in [0.25, 0.3) is 0 Å². The van der Waals surface area contributed by atoms with Gasteiger partial charge in [0.2, 0.25) is 5.91 Å². The summed E-state index contributed by atoms with van der Waals surface area (Å²) in [6, 6.07) is -0.605. The maximum Gasteiger partial charge on any atom is 0.320 e. The van der Waals surface area contributed by atoms with Crippen LogP contribution in [0.4, 0.5) is 0 Å². The van der Waals surface area contributed by atoms with Crippen molar-refractivity contribution in [3.63, 3.8) is 0 Å². The summed E-state index contributed by atoms with van der Waals surface area (Å²) in [4.78, 5) is 57.4. The van der Waals surface area contributed by atoms with E-state index in [-0.39, 0.29) is 55.6 Å². The second kappa shape index (κ2) is 37.5. The Labute approximate surface area is 313 Å². The molecule has 16 heteroatoms. The molecule has 48 heavy (non-hydrogen) atoms. The first-order chi connectivity index (χ1) is 22.6. The molecule has 1 rings (SSSR count). The number of amides is 1. The highest BCUT2D eigenvalue weighted by Gasteiger charge is 2.22. The van der Waals surface area contributed by atoms with Crippen molar-refractivity contribution < 1.29 is 44.4 Å². The van der Waals surface area contributed by atoms with Gasteiger partial charge in [0.05, 0.1) is 5.92 Å². The summed E-state index contributed by atoms with van der Waals surface area (Å²) < 4.78 is -0.0833. The van der Waals surface area contributed by atoms with E-state index in [4.69, 9.17) is 15.3 Å². The molecule has 1 fully saturated rings. The number of rotatable bonds is 30. The molecule has 0 aliphatic carbocycles. The minimum atomic E-state index is -1.05. The average molecular weight is 779 g/mol. The van der Waals surface area contributed by atoms with Crippen LogP contribution in [0, 0.1) is 5.92 Å². The molecule has 1 aliphatic heterocycles. The first kappa shape index (κ1) is 51.6. The quantitative estimate of drug-likeness (QED) is 0.0158. The summed E-state index contributed by atoms with van der Waals surface area (Å²) in [7, 11) is 4.58. The molecule has 0 saturated carbocycles. The fourth-order valence-corrected chi connectivity index (χ4v) is 5.12. The van der Waals surface area contributed by atoms with Crippen LogP contribution in [0.5, 0.6) is 0 Å². The average Bonchev–Trinajstić information content (AvgIpc) is 3.83. The lowest BCUT2D eigenvalue weighted by Gasteiger charge is -2.12. The normalized spacial score (nSPS) is 13.0. The van der Waals surface area contributed by atoms with Gasteiger partial charge in [0.15, 0.2) is 4.77 Å². The van der Waals surface area contributed by atoms with Gasteiger partial charge in [0.1, 0.15) is 11.8 Å². The van der Waals surface area contributed by atoms with Gasteiger partial charge < -0.3 is 31.1 Å². The number of aliphatic hydroxyl groups is 1. The van der Waals surface area contributed by atoms with Gasteiger partial charge >= 0.3 is 17.9 Å². The number of Topliss-reactive ketones (excluding diaryl/α,β-unsaturated/α-hetero) is 1. The first-order valence-corrected chi connectivity index (χ1v) is 20.8. The number of thiol groups is 2. The molecule has 1 amide bonds. The summed E-state index contributed by atoms with van der Waals surface area (Å²) in [5, 5.41) is 40.6. The maximum atomic E-state index is 12.3. The van der Waals surface area contributed by atoms with Crippen LogP contribution in [-0.4, -0.2) is 74.4 Å². The Morgan fingerprint density at radius 1 is 0.646 bits per heavy atom. The van der Waals surface area contributed by atoms with Gasteiger partial charge in [-0.15, -0.1) is 23.3 Å². The van der Waals surface area contributed by atoms with Gasteiger partial charge in [-0.3, -0.25) is 24.0 Å². The first-order valence-electron chi connectivity index (χ1n) is 16.9. The number of aliphatic hydroxyl groups excluding tert-OH is 1. The predicted octanol–water partition coefficient (Wildman–Crippen LogP) is 7.24. The fraction of sp³-hybridized carbons (Fsp3) is 0.844. The van der Waals surface area contributed by atoms with E-state index in [0.717, 1.165) is 44.9 Å². The van der Waals surface area contributed by atoms with Crippen LogP contribution >= 0.6 is 58.4 Å². The number of hydrogen-bond acceptors (Lipinski definition) is 11. The molecule has 0 aromatic rings. The zero-order chi connectivity index (χ0) is 35.7. The number of hydrogen-bond donors (Lipinski definition) is 8. The Hall–Kier alpha value is -0.780. The maximum absolute atomic E-state index is 12.3. The van der Waals surface area contributed by atoms with Crippen molar-refractivity contribution in [2.75, 3.05) is 13.6 Å². The lowest BCUT2D eigenvalue weighted by atomic mass is 9.94. The number of likely N-dealkylation sites (N-methyl/N-ethyl adjacent to an activating group) is 1. The minimum Gasteiger partial charge on any atom is -0.481 e. The largest absolute Gasteiger partial charge is 0.481 e. The molecule has 6 N–H and O–H groups in total. The number of unbranched alkanes of at least 4 members (excludes halogenated alkanes) is 14. The van der Waals surface area contributed by atoms with Crippen molar-refractivity contribution in [3.05, 3.63) is 0 Å². The Morgan fingerprint density at radius 2 is 1.08 bits per heavy atom. The third-order valence-electron chi connectivity index (χ3n) is 7.71. The highest BCUT2D eigenvalue weighted by molar-refractivity contribution is 8.92. The zero-order valence-corrected chi connectivity index (χ0v) is 33.0. The van der Waals surface area contributed by atoms with Gasteiger partial charge in [-0.05, 0) is 67.2 Å². The van der Waals surface area contributed by atoms with Crippen LogP contribution < -0.4 is 10.6 Å². The predicted molar refractivity (Wildman–Crippen MR) is 208 cm³/mol. The molecule has 1 aliphatic rings. The number of ketones is 1. The molecule has 2 atom stereocenters. The third kappa shape index (κ3) is 38.0. The van der Waals surface area contributed by atoms with Gasteiger partial charge in [0, 0.05) is 32.2 Å². The Bertz CT molecular complexity index is 840. The van der Waals surface area contributed by atoms with Crippen LogP contribution in [0.25, 0.3) is 0 Å². The molecule has 0 unspecified atom stereocenters. The van der Waals surface area contributed by atoms with Gasteiger partial charge in [-0.25, -0.2) is 0 Å². The smallest absolute Gasteiger partial charge is 0.320 e. The van der Waals surface area contributed by atoms with E-state index >= 15 is 0 Å². The summed E-state index contributed by atoms with van der Waals surface area (Å²) in [6.45, 7) is 0.407. The van der Waals surface area contributed by atoms with E-state index in [1.165, 1.54) is 66.5 Å². The van der Waals surface area contributed by atoms with Crippen LogP contribution in [0.15, 0.2) is 0 Å². The molecular weight excluding hydrogens is 717 g/mol. The Balaban J connectivity index is -0.00000262. The fourth-order valence-electron chi connectivity index (χ4n) is 4.92. The summed E-state index contributed by atoms with van der Waals surface area (Å²) in [5.74, 6) is -3.82. The third-order valence-corrected chi connectivity index (χ3v) is 9.17. The molecule has 1 heterocycles. The number of aliphatic carboxylic acids is 3. The zero-order valence-electron chi connectivity index (χ0n) is 28.5. The molecule has 0 aromatic heterocycles. The van der Waals surface area contributed by atoms with E-state index < -0.39 is 29.9 Å². The highest BCUT2D eigenvalue weighted by Crippen LogP contribution is 2.50. The van der Waals surface area contributed by atoms with Crippen LogP contribution in [0.1, 0.15) is 141 Å². The monoisotopic (exact) mass is 778 g/mol. The molecule has 0 radical (unpaired) electrons. The minimum absolute atomic E-state index is 0. The number of carbonyl (C=O) groups is 5. The van der Waals surface area contributed by atoms with Crippen molar-refractivity contribution in [2.45, 2.75) is 152 Å². The number of carbonyl (C=O) groups excluding carboxylic acids is 2. The molecule has 284 valence electrons. The van der Waals surface area contributed by atoms with E-state index in [9.17, 15) is 29.1 Å². The highest BCUT2D eigenvalue weighted by atomic mass is 33.2. The van der Waals surface area contributed by atoms with Crippen molar-refractivity contribution in [3.8, 4) is 0 Å². The van der Waals surface area contributed by atoms with Crippen molar-refractivity contribution in [1.82, 2.24) is 10.6 Å². The Kier molecular flexibility index (Phi) is 40.3. The number of nitrogens with one attached hydrogen (secondary N) is 2. The number of carboxylic acid groups (broad SMARTS) is 3. The van der Waals surface area contributed by atoms with E-state index in [1.54, 1.807) is 7.05 Å². The van der Waals surface area contributed by atoms with Crippen LogP contribution in [0.2, 0.25) is 0 Å². The molecule has 1 saturated heterocycles. The molecule has 0 spiro atoms. The van der Waals surface area contributed by atoms with Gasteiger partial charge in [-0.2, -0.15) is 13.5 Å². The second-order valence-electron chi connectivity index (χ2n) is 11.7. The van der Waals surface area contributed by atoms with Crippen molar-refractivity contribution in [1.29, 1.82) is 0 Å². The standard InChI is InChI=1S/C31H56N2O8.CH2OS2.H2S2.H2S/c1-32-27(31(40)41)19-16-17-23-33-28(35)22-21-25(30(38)39)24-26(34)18-14-12-10-8-6-4-2-3-5-7-9-11-13-15-20-29(36)37;2-1-3-4-1;1-2;/h25,27,32H,2-24H2,1H3,(H,33,35)(H,36,37)(H,38,39)(H,40,41);1-2H;1-2H;1H2/t25-,27+;;;/m1.../s1. The van der Waals surface area contributed by atoms with Crippen molar-refractivity contribution in [2.24, 2.45) is 5.92 Å². The molecule has 11 nitrogen and oxygen atoms in total. The van der Waals surface area contributed by atoms with E-state index in [0.29, 0.717) is 32.2 Å². The topological polar surface area (TPSA) is 190 Å². The molecular formula is C32H62N2O9S5. The summed E-state index contributed by atoms with van der Waals surface area (Å²) in [5.41, 5.74) is 0. The second-order valence-corrected chi connectivity index (χ2v) is 14.4. The number of carboxylic acids is 3. The molecule has 0 bridgehead atoms. The Morgan fingerprint density at radius 3 is 1.46 bits per heavy atom. The van der Waals surface area contributed by atoms with Crippen LogP contribution in [-0.2, 0) is 24.0 Å².